The third kappa shape index (κ3) is 3.10. The van der Waals surface area contributed by atoms with Crippen LogP contribution >= 0.6 is 33.9 Å². The molecule has 0 aliphatic heterocycles. The van der Waals surface area contributed by atoms with Gasteiger partial charge in [0, 0.05) is 17.3 Å². The van der Waals surface area contributed by atoms with E-state index in [1.807, 2.05) is 11.3 Å². The van der Waals surface area contributed by atoms with Crippen LogP contribution in [0.5, 0.6) is 0 Å². The van der Waals surface area contributed by atoms with Crippen molar-refractivity contribution in [1.82, 2.24) is 0 Å². The minimum absolute atomic E-state index is 0.454. The van der Waals surface area contributed by atoms with Gasteiger partial charge in [0.05, 0.1) is 5.00 Å². The van der Waals surface area contributed by atoms with Crippen LogP contribution in [0.25, 0.3) is 0 Å². The van der Waals surface area contributed by atoms with Crippen molar-refractivity contribution < 1.29 is 0 Å². The summed E-state index contributed by atoms with van der Waals surface area (Å²) in [6.45, 7) is 4.48. The highest BCUT2D eigenvalue weighted by Crippen LogP contribution is 2.30. The SMILES string of the molecule is CC(C)c1ccc(NC2C=CC=C(I)C2)s1. The van der Waals surface area contributed by atoms with Crippen molar-refractivity contribution in [1.29, 1.82) is 0 Å². The molecular weight excluding hydrogens is 329 g/mol. The van der Waals surface area contributed by atoms with Crippen LogP contribution in [0.15, 0.2) is 33.9 Å². The summed E-state index contributed by atoms with van der Waals surface area (Å²) in [5.41, 5.74) is 0. The Labute approximate surface area is 115 Å². The summed E-state index contributed by atoms with van der Waals surface area (Å²) in [4.78, 5) is 1.45. The third-order valence-corrected chi connectivity index (χ3v) is 4.68. The highest BCUT2D eigenvalue weighted by atomic mass is 127. The molecule has 3 heteroatoms. The van der Waals surface area contributed by atoms with E-state index in [1.165, 1.54) is 13.5 Å². The molecule has 2 rings (SSSR count). The molecular formula is C13H16INS. The maximum atomic E-state index is 3.57. The van der Waals surface area contributed by atoms with Crippen LogP contribution in [0.2, 0.25) is 0 Å². The molecule has 0 spiro atoms. The van der Waals surface area contributed by atoms with Crippen molar-refractivity contribution in [2.45, 2.75) is 32.2 Å². The Hall–Kier alpha value is -0.290. The van der Waals surface area contributed by atoms with Gasteiger partial charge in [-0.15, -0.1) is 11.3 Å². The number of anilines is 1. The molecule has 0 saturated carbocycles. The molecule has 1 aliphatic carbocycles. The van der Waals surface area contributed by atoms with Crippen LogP contribution in [0.4, 0.5) is 5.00 Å². The quantitative estimate of drug-likeness (QED) is 0.766. The normalized spacial score (nSPS) is 20.0. The van der Waals surface area contributed by atoms with Crippen LogP contribution in [-0.2, 0) is 0 Å². The zero-order chi connectivity index (χ0) is 11.5. The summed E-state index contributed by atoms with van der Waals surface area (Å²) in [6.07, 6.45) is 7.65. The molecule has 1 unspecified atom stereocenters. The number of hydrogen-bond donors (Lipinski definition) is 1. The molecule has 0 amide bonds. The number of rotatable bonds is 3. The Morgan fingerprint density at radius 2 is 2.25 bits per heavy atom. The smallest absolute Gasteiger partial charge is 0.0890 e. The van der Waals surface area contributed by atoms with E-state index in [1.54, 1.807) is 0 Å². The van der Waals surface area contributed by atoms with Gasteiger partial charge in [-0.25, -0.2) is 0 Å². The van der Waals surface area contributed by atoms with Crippen molar-refractivity contribution in [3.8, 4) is 0 Å². The van der Waals surface area contributed by atoms with Crippen molar-refractivity contribution in [3.05, 3.63) is 38.8 Å². The van der Waals surface area contributed by atoms with E-state index in [2.05, 4.69) is 72.1 Å². The maximum absolute atomic E-state index is 3.57. The van der Waals surface area contributed by atoms with Crippen molar-refractivity contribution in [2.75, 3.05) is 5.32 Å². The average molecular weight is 345 g/mol. The van der Waals surface area contributed by atoms with Crippen molar-refractivity contribution in [2.24, 2.45) is 0 Å². The van der Waals surface area contributed by atoms with Gasteiger partial charge in [0.25, 0.3) is 0 Å². The van der Waals surface area contributed by atoms with Gasteiger partial charge in [-0.2, -0.15) is 0 Å². The van der Waals surface area contributed by atoms with Gasteiger partial charge in [0.15, 0.2) is 0 Å². The van der Waals surface area contributed by atoms with E-state index in [4.69, 9.17) is 0 Å². The number of nitrogens with one attached hydrogen (secondary N) is 1. The molecule has 0 radical (unpaired) electrons. The number of allylic oxidation sites excluding steroid dienone is 2. The van der Waals surface area contributed by atoms with Gasteiger partial charge in [0.2, 0.25) is 0 Å². The van der Waals surface area contributed by atoms with Crippen molar-refractivity contribution >= 4 is 38.9 Å². The predicted octanol–water partition coefficient (Wildman–Crippen LogP) is 4.93. The lowest BCUT2D eigenvalue weighted by atomic mass is 10.1. The van der Waals surface area contributed by atoms with E-state index in [0.29, 0.717) is 12.0 Å². The molecule has 0 fully saturated rings. The minimum Gasteiger partial charge on any atom is -0.370 e. The second kappa shape index (κ2) is 5.36. The highest BCUT2D eigenvalue weighted by Gasteiger charge is 2.11. The first kappa shape index (κ1) is 12.2. The van der Waals surface area contributed by atoms with Gasteiger partial charge in [-0.05, 0) is 44.2 Å². The molecule has 0 saturated heterocycles. The van der Waals surface area contributed by atoms with E-state index in [9.17, 15) is 0 Å². The van der Waals surface area contributed by atoms with Gasteiger partial charge in [0.1, 0.15) is 0 Å². The van der Waals surface area contributed by atoms with Crippen LogP contribution in [0.1, 0.15) is 31.1 Å². The summed E-state index contributed by atoms with van der Waals surface area (Å²) in [5.74, 6) is 0.627. The van der Waals surface area contributed by atoms with Crippen LogP contribution in [-0.4, -0.2) is 6.04 Å². The van der Waals surface area contributed by atoms with Crippen LogP contribution < -0.4 is 5.32 Å². The zero-order valence-electron chi connectivity index (χ0n) is 9.53. The Bertz CT molecular complexity index is 417. The number of halogens is 1. The molecule has 1 atom stereocenters. The standard InChI is InChI=1S/C13H16INS/c1-9(2)12-6-7-13(16-12)15-11-5-3-4-10(14)8-11/h3-7,9,11,15H,8H2,1-2H3. The fourth-order valence-electron chi connectivity index (χ4n) is 1.66. The minimum atomic E-state index is 0.454. The molecule has 1 nitrogen and oxygen atoms in total. The fraction of sp³-hybridized carbons (Fsp3) is 0.385. The molecule has 0 bridgehead atoms. The molecule has 1 heterocycles. The Morgan fingerprint density at radius 3 is 2.88 bits per heavy atom. The molecule has 16 heavy (non-hydrogen) atoms. The summed E-state index contributed by atoms with van der Waals surface area (Å²) >= 11 is 4.27. The predicted molar refractivity (Wildman–Crippen MR) is 81.7 cm³/mol. The van der Waals surface area contributed by atoms with Crippen molar-refractivity contribution in [3.63, 3.8) is 0 Å². The second-order valence-corrected chi connectivity index (χ2v) is 6.81. The first-order valence-corrected chi connectivity index (χ1v) is 7.44. The second-order valence-electron chi connectivity index (χ2n) is 4.31. The van der Waals surface area contributed by atoms with E-state index < -0.39 is 0 Å². The third-order valence-electron chi connectivity index (χ3n) is 2.56. The molecule has 0 aromatic carbocycles. The Morgan fingerprint density at radius 1 is 1.44 bits per heavy atom. The lowest BCUT2D eigenvalue weighted by Gasteiger charge is -2.17. The van der Waals surface area contributed by atoms with Crippen LogP contribution in [0, 0.1) is 0 Å². The monoisotopic (exact) mass is 345 g/mol. The lowest BCUT2D eigenvalue weighted by molar-refractivity contribution is 0.883. The first-order valence-electron chi connectivity index (χ1n) is 5.54. The molecule has 86 valence electrons. The van der Waals surface area contributed by atoms with Gasteiger partial charge in [-0.3, -0.25) is 0 Å². The average Bonchev–Trinajstić information content (AvgIpc) is 2.66. The van der Waals surface area contributed by atoms with Gasteiger partial charge in [-0.1, -0.05) is 32.1 Å². The summed E-state index contributed by atoms with van der Waals surface area (Å²) in [6, 6.07) is 4.87. The highest BCUT2D eigenvalue weighted by molar-refractivity contribution is 14.1. The molecule has 1 aliphatic rings. The summed E-state index contributed by atoms with van der Waals surface area (Å²) in [5, 5.41) is 4.85. The van der Waals surface area contributed by atoms with E-state index >= 15 is 0 Å². The topological polar surface area (TPSA) is 12.0 Å². The molecule has 1 aromatic rings. The fourth-order valence-corrected chi connectivity index (χ4v) is 3.32. The van der Waals surface area contributed by atoms with Crippen LogP contribution in [0.3, 0.4) is 0 Å². The van der Waals surface area contributed by atoms with Gasteiger partial charge >= 0.3 is 0 Å². The summed E-state index contributed by atoms with van der Waals surface area (Å²) < 4.78 is 1.42. The molecule has 1 aromatic heterocycles. The maximum Gasteiger partial charge on any atom is 0.0890 e. The number of thiophene rings is 1. The molecule has 1 N–H and O–H groups in total. The first-order chi connectivity index (χ1) is 7.65. The van der Waals surface area contributed by atoms with E-state index in [-0.39, 0.29) is 0 Å². The largest absolute Gasteiger partial charge is 0.370 e. The Kier molecular flexibility index (Phi) is 4.08. The Balaban J connectivity index is 1.99. The van der Waals surface area contributed by atoms with Gasteiger partial charge < -0.3 is 5.32 Å². The lowest BCUT2D eigenvalue weighted by Crippen LogP contribution is -2.17. The van der Waals surface area contributed by atoms with E-state index in [0.717, 1.165) is 6.42 Å². The number of hydrogen-bond acceptors (Lipinski definition) is 2. The summed E-state index contributed by atoms with van der Waals surface area (Å²) in [7, 11) is 0. The zero-order valence-corrected chi connectivity index (χ0v) is 12.5.